The van der Waals surface area contributed by atoms with E-state index in [1.807, 2.05) is 29.2 Å². The molecule has 2 N–H and O–H groups in total. The Kier molecular flexibility index (Phi) is 5.60. The number of nitrogens with one attached hydrogen (secondary N) is 2. The van der Waals surface area contributed by atoms with E-state index in [0.29, 0.717) is 11.6 Å². The SMILES string of the molecule is CCc1ccc(-c2cc(C(=O)N3CCC(Cc4ccc(=O)[nH]c4)CC3)[nH]n2)cc1. The van der Waals surface area contributed by atoms with Gasteiger partial charge < -0.3 is 9.88 Å². The van der Waals surface area contributed by atoms with Gasteiger partial charge in [0.15, 0.2) is 0 Å². The van der Waals surface area contributed by atoms with E-state index in [1.54, 1.807) is 12.3 Å². The highest BCUT2D eigenvalue weighted by Gasteiger charge is 2.25. The van der Waals surface area contributed by atoms with E-state index >= 15 is 0 Å². The van der Waals surface area contributed by atoms with Gasteiger partial charge in [0.05, 0.1) is 5.69 Å². The van der Waals surface area contributed by atoms with Crippen LogP contribution in [0, 0.1) is 5.92 Å². The summed E-state index contributed by atoms with van der Waals surface area (Å²) in [6, 6.07) is 13.6. The third kappa shape index (κ3) is 4.47. The lowest BCUT2D eigenvalue weighted by atomic mass is 9.90. The molecule has 1 aliphatic rings. The van der Waals surface area contributed by atoms with Crippen LogP contribution >= 0.6 is 0 Å². The predicted molar refractivity (Wildman–Crippen MR) is 113 cm³/mol. The number of benzene rings is 1. The standard InChI is InChI=1S/C23H26N4O2/c1-2-16-3-6-19(7-4-16)20-14-21(26-25-20)23(29)27-11-9-17(10-12-27)13-18-5-8-22(28)24-15-18/h3-8,14-15,17H,2,9-13H2,1H3,(H,24,28)(H,25,26). The first kappa shape index (κ1) is 19.2. The molecule has 1 aliphatic heterocycles. The Morgan fingerprint density at radius 3 is 2.48 bits per heavy atom. The molecule has 2 aromatic heterocycles. The van der Waals surface area contributed by atoms with Crippen molar-refractivity contribution in [2.24, 2.45) is 5.92 Å². The van der Waals surface area contributed by atoms with Gasteiger partial charge in [-0.15, -0.1) is 0 Å². The Hall–Kier alpha value is -3.15. The molecule has 1 aromatic carbocycles. The first-order valence-corrected chi connectivity index (χ1v) is 10.2. The summed E-state index contributed by atoms with van der Waals surface area (Å²) in [7, 11) is 0. The molecule has 150 valence electrons. The fourth-order valence-corrected chi connectivity index (χ4v) is 3.90. The molecule has 0 unspecified atom stereocenters. The number of amides is 1. The van der Waals surface area contributed by atoms with Crippen LogP contribution in [-0.4, -0.2) is 39.1 Å². The van der Waals surface area contributed by atoms with Crippen molar-refractivity contribution in [2.45, 2.75) is 32.6 Å². The van der Waals surface area contributed by atoms with Crippen LogP contribution in [0.1, 0.15) is 41.4 Å². The van der Waals surface area contributed by atoms with Crippen LogP contribution in [0.2, 0.25) is 0 Å². The summed E-state index contributed by atoms with van der Waals surface area (Å²) in [5.74, 6) is 0.538. The van der Waals surface area contributed by atoms with Gasteiger partial charge in [-0.05, 0) is 48.8 Å². The van der Waals surface area contributed by atoms with Crippen molar-refractivity contribution in [3.05, 3.63) is 75.8 Å². The molecule has 0 spiro atoms. The van der Waals surface area contributed by atoms with Gasteiger partial charge in [-0.1, -0.05) is 37.3 Å². The third-order valence-electron chi connectivity index (χ3n) is 5.74. The second kappa shape index (κ2) is 8.47. The average molecular weight is 390 g/mol. The molecule has 29 heavy (non-hydrogen) atoms. The van der Waals surface area contributed by atoms with Crippen molar-refractivity contribution in [3.63, 3.8) is 0 Å². The number of hydrogen-bond acceptors (Lipinski definition) is 3. The lowest BCUT2D eigenvalue weighted by molar-refractivity contribution is 0.0684. The van der Waals surface area contributed by atoms with Gasteiger partial charge in [0.25, 0.3) is 5.91 Å². The van der Waals surface area contributed by atoms with Crippen molar-refractivity contribution in [1.29, 1.82) is 0 Å². The normalized spacial score (nSPS) is 14.9. The number of pyridine rings is 1. The van der Waals surface area contributed by atoms with E-state index in [9.17, 15) is 9.59 Å². The third-order valence-corrected chi connectivity index (χ3v) is 5.74. The lowest BCUT2D eigenvalue weighted by Gasteiger charge is -2.31. The maximum absolute atomic E-state index is 12.9. The van der Waals surface area contributed by atoms with Crippen molar-refractivity contribution in [2.75, 3.05) is 13.1 Å². The van der Waals surface area contributed by atoms with E-state index in [2.05, 4.69) is 34.2 Å². The molecule has 1 fully saturated rings. The Morgan fingerprint density at radius 2 is 1.83 bits per heavy atom. The maximum Gasteiger partial charge on any atom is 0.271 e. The summed E-state index contributed by atoms with van der Waals surface area (Å²) in [4.78, 5) is 28.7. The number of piperidine rings is 1. The molecular weight excluding hydrogens is 364 g/mol. The van der Waals surface area contributed by atoms with Gasteiger partial charge in [0.1, 0.15) is 5.69 Å². The van der Waals surface area contributed by atoms with Gasteiger partial charge >= 0.3 is 0 Å². The minimum atomic E-state index is -0.0746. The molecule has 0 atom stereocenters. The molecule has 1 saturated heterocycles. The largest absolute Gasteiger partial charge is 0.337 e. The summed E-state index contributed by atoms with van der Waals surface area (Å²) >= 11 is 0. The number of aromatic nitrogens is 3. The van der Waals surface area contributed by atoms with Crippen molar-refractivity contribution >= 4 is 5.91 Å². The van der Waals surface area contributed by atoms with E-state index < -0.39 is 0 Å². The highest BCUT2D eigenvalue weighted by Crippen LogP contribution is 2.24. The zero-order valence-corrected chi connectivity index (χ0v) is 16.6. The molecule has 0 saturated carbocycles. The second-order valence-corrected chi connectivity index (χ2v) is 7.72. The number of rotatable bonds is 5. The quantitative estimate of drug-likeness (QED) is 0.700. The first-order chi connectivity index (χ1) is 14.1. The van der Waals surface area contributed by atoms with E-state index in [-0.39, 0.29) is 11.5 Å². The van der Waals surface area contributed by atoms with E-state index in [1.165, 1.54) is 5.56 Å². The zero-order valence-electron chi connectivity index (χ0n) is 16.6. The Bertz CT molecular complexity index is 1010. The van der Waals surface area contributed by atoms with Crippen molar-refractivity contribution in [3.8, 4) is 11.3 Å². The number of aryl methyl sites for hydroxylation is 1. The number of nitrogens with zero attached hydrogens (tertiary/aromatic N) is 2. The van der Waals surface area contributed by atoms with Gasteiger partial charge in [-0.25, -0.2) is 0 Å². The molecule has 0 radical (unpaired) electrons. The monoisotopic (exact) mass is 390 g/mol. The number of likely N-dealkylation sites (tertiary alicyclic amines) is 1. The summed E-state index contributed by atoms with van der Waals surface area (Å²) in [5, 5.41) is 7.25. The van der Waals surface area contributed by atoms with Crippen LogP contribution in [-0.2, 0) is 12.8 Å². The first-order valence-electron chi connectivity index (χ1n) is 10.2. The summed E-state index contributed by atoms with van der Waals surface area (Å²) < 4.78 is 0. The van der Waals surface area contributed by atoms with Gasteiger partial charge in [0.2, 0.25) is 5.56 Å². The number of carbonyl (C=O) groups is 1. The van der Waals surface area contributed by atoms with E-state index in [0.717, 1.165) is 55.6 Å². The van der Waals surface area contributed by atoms with Crippen LogP contribution in [0.25, 0.3) is 11.3 Å². The molecular formula is C23H26N4O2. The van der Waals surface area contributed by atoms with Gasteiger partial charge in [-0.2, -0.15) is 5.10 Å². The predicted octanol–water partition coefficient (Wildman–Crippen LogP) is 3.42. The summed E-state index contributed by atoms with van der Waals surface area (Å²) in [5.41, 5.74) is 4.70. The fourth-order valence-electron chi connectivity index (χ4n) is 3.90. The summed E-state index contributed by atoms with van der Waals surface area (Å²) in [6.07, 6.45) is 5.65. The maximum atomic E-state index is 12.9. The van der Waals surface area contributed by atoms with Crippen molar-refractivity contribution < 1.29 is 4.79 Å². The highest BCUT2D eigenvalue weighted by molar-refractivity contribution is 5.93. The van der Waals surface area contributed by atoms with Crippen molar-refractivity contribution in [1.82, 2.24) is 20.1 Å². The molecule has 0 aliphatic carbocycles. The number of hydrogen-bond donors (Lipinski definition) is 2. The average Bonchev–Trinajstić information content (AvgIpc) is 3.26. The molecule has 6 nitrogen and oxygen atoms in total. The smallest absolute Gasteiger partial charge is 0.271 e. The van der Waals surface area contributed by atoms with Crippen LogP contribution in [0.5, 0.6) is 0 Å². The highest BCUT2D eigenvalue weighted by atomic mass is 16.2. The van der Waals surface area contributed by atoms with E-state index in [4.69, 9.17) is 0 Å². The lowest BCUT2D eigenvalue weighted by Crippen LogP contribution is -2.39. The zero-order chi connectivity index (χ0) is 20.2. The molecule has 0 bridgehead atoms. The minimum Gasteiger partial charge on any atom is -0.337 e. The topological polar surface area (TPSA) is 81.9 Å². The molecule has 1 amide bonds. The fraction of sp³-hybridized carbons (Fsp3) is 0.348. The second-order valence-electron chi connectivity index (χ2n) is 7.72. The Morgan fingerprint density at radius 1 is 1.10 bits per heavy atom. The Labute approximate surface area is 170 Å². The molecule has 3 aromatic rings. The molecule has 3 heterocycles. The van der Waals surface area contributed by atoms with Gasteiger partial charge in [0, 0.05) is 30.9 Å². The van der Waals surface area contributed by atoms with Crippen LogP contribution < -0.4 is 5.56 Å². The molecule has 6 heteroatoms. The number of aromatic amines is 2. The number of carbonyl (C=O) groups excluding carboxylic acids is 1. The summed E-state index contributed by atoms with van der Waals surface area (Å²) in [6.45, 7) is 3.61. The number of H-pyrrole nitrogens is 2. The van der Waals surface area contributed by atoms with Gasteiger partial charge in [-0.3, -0.25) is 14.7 Å². The Balaban J connectivity index is 1.35. The van der Waals surface area contributed by atoms with Crippen LogP contribution in [0.3, 0.4) is 0 Å². The molecule has 4 rings (SSSR count). The minimum absolute atomic E-state index is 0.0106. The van der Waals surface area contributed by atoms with Crippen LogP contribution in [0.4, 0.5) is 0 Å². The van der Waals surface area contributed by atoms with Crippen LogP contribution in [0.15, 0.2) is 53.5 Å².